The first kappa shape index (κ1) is 24.9. The zero-order valence-corrected chi connectivity index (χ0v) is 21.5. The Morgan fingerprint density at radius 1 is 1.17 bits per heavy atom. The van der Waals surface area contributed by atoms with Gasteiger partial charge in [0.2, 0.25) is 0 Å². The van der Waals surface area contributed by atoms with Gasteiger partial charge in [0, 0.05) is 36.8 Å². The molecule has 8 heteroatoms. The van der Waals surface area contributed by atoms with Gasteiger partial charge in [0.05, 0.1) is 35.4 Å². The maximum absolute atomic E-state index is 13.1. The fraction of sp³-hybridized carbons (Fsp3) is 0.429. The maximum Gasteiger partial charge on any atom is 0.173 e. The van der Waals surface area contributed by atoms with Crippen LogP contribution in [0.25, 0.3) is 22.4 Å². The van der Waals surface area contributed by atoms with Gasteiger partial charge in [-0.05, 0) is 47.2 Å². The summed E-state index contributed by atoms with van der Waals surface area (Å²) >= 11 is 1.62. The van der Waals surface area contributed by atoms with Gasteiger partial charge in [-0.25, -0.2) is 0 Å². The molecule has 0 amide bonds. The molecule has 1 saturated heterocycles. The van der Waals surface area contributed by atoms with E-state index in [4.69, 9.17) is 14.6 Å². The van der Waals surface area contributed by atoms with Crippen molar-refractivity contribution in [1.82, 2.24) is 4.98 Å². The van der Waals surface area contributed by atoms with Crippen molar-refractivity contribution in [2.24, 2.45) is 5.41 Å². The number of ketones is 1. The Morgan fingerprint density at radius 2 is 1.97 bits per heavy atom. The van der Waals surface area contributed by atoms with E-state index in [2.05, 4.69) is 29.8 Å². The SMILES string of the molecule is CC1(C)CC(=O)c2sc(N3CCOCC3)c(-c3ccnc(-c4cccc(OCC(O)CO)c4)c3)c2C1. The average Bonchev–Trinajstić information content (AvgIpc) is 3.26. The summed E-state index contributed by atoms with van der Waals surface area (Å²) in [4.78, 5) is 21.0. The zero-order valence-electron chi connectivity index (χ0n) is 20.7. The molecule has 2 aromatic heterocycles. The molecule has 3 heterocycles. The molecule has 5 rings (SSSR count). The number of pyridine rings is 1. The average molecular weight is 509 g/mol. The Bertz CT molecular complexity index is 1250. The number of thiophene rings is 1. The highest BCUT2D eigenvalue weighted by Gasteiger charge is 2.37. The van der Waals surface area contributed by atoms with Gasteiger partial charge in [0.15, 0.2) is 5.78 Å². The minimum atomic E-state index is -0.926. The van der Waals surface area contributed by atoms with Crippen LogP contribution in [0.2, 0.25) is 0 Å². The summed E-state index contributed by atoms with van der Waals surface area (Å²) in [5.41, 5.74) is 4.95. The summed E-state index contributed by atoms with van der Waals surface area (Å²) in [5, 5.41) is 19.8. The zero-order chi connectivity index (χ0) is 25.3. The molecule has 0 saturated carbocycles. The fourth-order valence-electron chi connectivity index (χ4n) is 4.92. The van der Waals surface area contributed by atoms with Gasteiger partial charge in [-0.15, -0.1) is 11.3 Å². The summed E-state index contributed by atoms with van der Waals surface area (Å²) in [5.74, 6) is 0.831. The van der Waals surface area contributed by atoms with Gasteiger partial charge in [-0.3, -0.25) is 9.78 Å². The number of hydrogen-bond acceptors (Lipinski definition) is 8. The normalized spacial score (nSPS) is 18.1. The molecule has 36 heavy (non-hydrogen) atoms. The fourth-order valence-corrected chi connectivity index (χ4v) is 6.25. The number of morpholine rings is 1. The number of hydrogen-bond donors (Lipinski definition) is 2. The van der Waals surface area contributed by atoms with Crippen molar-refractivity contribution in [3.63, 3.8) is 0 Å². The number of aliphatic hydroxyl groups excluding tert-OH is 2. The number of rotatable bonds is 7. The molecule has 1 atom stereocenters. The summed E-state index contributed by atoms with van der Waals surface area (Å²) < 4.78 is 11.2. The molecule has 0 bridgehead atoms. The summed E-state index contributed by atoms with van der Waals surface area (Å²) in [6.07, 6.45) is 2.32. The van der Waals surface area contributed by atoms with E-state index in [-0.39, 0.29) is 24.4 Å². The number of aliphatic hydroxyl groups is 2. The smallest absolute Gasteiger partial charge is 0.173 e. The van der Waals surface area contributed by atoms with E-state index in [0.29, 0.717) is 25.4 Å². The van der Waals surface area contributed by atoms with E-state index in [1.54, 1.807) is 11.3 Å². The van der Waals surface area contributed by atoms with E-state index in [1.807, 2.05) is 36.5 Å². The number of benzene rings is 1. The van der Waals surface area contributed by atoms with Gasteiger partial charge in [0.25, 0.3) is 0 Å². The number of anilines is 1. The lowest BCUT2D eigenvalue weighted by Crippen LogP contribution is -2.36. The molecular weight excluding hydrogens is 476 g/mol. The van der Waals surface area contributed by atoms with E-state index in [1.165, 1.54) is 0 Å². The molecule has 190 valence electrons. The lowest BCUT2D eigenvalue weighted by atomic mass is 9.75. The number of carbonyl (C=O) groups excluding carboxylic acids is 1. The Labute approximate surface area is 215 Å². The van der Waals surface area contributed by atoms with Crippen LogP contribution in [-0.2, 0) is 11.2 Å². The standard InChI is InChI=1S/C28H32N2O5S/c1-28(2)14-22-25(27(30-8-10-34-11-9-30)36-26(22)24(33)15-28)19-6-7-29-23(13-19)18-4-3-5-21(12-18)35-17-20(32)16-31/h3-7,12-13,20,31-32H,8-11,14-17H2,1-2H3. The molecule has 1 unspecified atom stereocenters. The van der Waals surface area contributed by atoms with Crippen LogP contribution in [0, 0.1) is 5.41 Å². The number of nitrogens with zero attached hydrogens (tertiary/aromatic N) is 2. The Kier molecular flexibility index (Phi) is 7.12. The van der Waals surface area contributed by atoms with Gasteiger partial charge in [-0.2, -0.15) is 0 Å². The van der Waals surface area contributed by atoms with E-state index < -0.39 is 6.10 Å². The van der Waals surface area contributed by atoms with Crippen LogP contribution in [0.3, 0.4) is 0 Å². The van der Waals surface area contributed by atoms with E-state index in [9.17, 15) is 9.90 Å². The molecule has 1 aliphatic carbocycles. The van der Waals surface area contributed by atoms with Crippen LogP contribution in [0.15, 0.2) is 42.6 Å². The highest BCUT2D eigenvalue weighted by Crippen LogP contribution is 2.49. The van der Waals surface area contributed by atoms with Gasteiger partial charge >= 0.3 is 0 Å². The Hall–Kier alpha value is -2.78. The van der Waals surface area contributed by atoms with Crippen molar-refractivity contribution in [1.29, 1.82) is 0 Å². The van der Waals surface area contributed by atoms with Crippen LogP contribution >= 0.6 is 11.3 Å². The van der Waals surface area contributed by atoms with E-state index in [0.717, 1.165) is 57.3 Å². The Balaban J connectivity index is 1.55. The maximum atomic E-state index is 13.1. The summed E-state index contributed by atoms with van der Waals surface area (Å²) in [6, 6.07) is 11.7. The molecule has 0 spiro atoms. The van der Waals surface area contributed by atoms with Crippen molar-refractivity contribution in [3.8, 4) is 28.1 Å². The van der Waals surface area contributed by atoms with Crippen LogP contribution in [0.5, 0.6) is 5.75 Å². The van der Waals surface area contributed by atoms with Crippen molar-refractivity contribution in [3.05, 3.63) is 53.0 Å². The van der Waals surface area contributed by atoms with E-state index >= 15 is 0 Å². The number of carbonyl (C=O) groups is 1. The summed E-state index contributed by atoms with van der Waals surface area (Å²) in [7, 11) is 0. The molecule has 1 aromatic carbocycles. The summed E-state index contributed by atoms with van der Waals surface area (Å²) in [6.45, 7) is 6.98. The first-order valence-electron chi connectivity index (χ1n) is 12.3. The predicted octanol–water partition coefficient (Wildman–Crippen LogP) is 4.20. The van der Waals surface area contributed by atoms with Crippen LogP contribution in [0.1, 0.15) is 35.5 Å². The van der Waals surface area contributed by atoms with Gasteiger partial charge in [0.1, 0.15) is 18.5 Å². The van der Waals surface area contributed by atoms with Crippen LogP contribution in [-0.4, -0.2) is 66.6 Å². The topological polar surface area (TPSA) is 92.1 Å². The highest BCUT2D eigenvalue weighted by molar-refractivity contribution is 7.19. The lowest BCUT2D eigenvalue weighted by Gasteiger charge is -2.30. The monoisotopic (exact) mass is 508 g/mol. The molecule has 1 fully saturated rings. The van der Waals surface area contributed by atoms with Gasteiger partial charge in [-0.1, -0.05) is 26.0 Å². The second-order valence-corrected chi connectivity index (χ2v) is 11.2. The third-order valence-corrected chi connectivity index (χ3v) is 8.00. The van der Waals surface area contributed by atoms with Crippen molar-refractivity contribution in [2.75, 3.05) is 44.4 Å². The first-order chi connectivity index (χ1) is 17.3. The second kappa shape index (κ2) is 10.3. The van der Waals surface area contributed by atoms with Crippen molar-refractivity contribution < 1.29 is 24.5 Å². The minimum absolute atomic E-state index is 0.0151. The number of ether oxygens (including phenoxy) is 2. The largest absolute Gasteiger partial charge is 0.491 e. The number of aromatic nitrogens is 1. The predicted molar refractivity (Wildman–Crippen MR) is 141 cm³/mol. The van der Waals surface area contributed by atoms with Crippen LogP contribution < -0.4 is 9.64 Å². The third kappa shape index (κ3) is 5.18. The van der Waals surface area contributed by atoms with Crippen molar-refractivity contribution in [2.45, 2.75) is 32.8 Å². The molecule has 2 N–H and O–H groups in total. The molecule has 3 aromatic rings. The lowest BCUT2D eigenvalue weighted by molar-refractivity contribution is 0.0536. The highest BCUT2D eigenvalue weighted by atomic mass is 32.1. The van der Waals surface area contributed by atoms with Gasteiger partial charge < -0.3 is 24.6 Å². The van der Waals surface area contributed by atoms with Crippen LogP contribution in [0.4, 0.5) is 5.00 Å². The molecule has 0 radical (unpaired) electrons. The van der Waals surface area contributed by atoms with Crippen molar-refractivity contribution >= 4 is 22.1 Å². The first-order valence-corrected chi connectivity index (χ1v) is 13.2. The molecule has 2 aliphatic rings. The third-order valence-electron chi connectivity index (χ3n) is 6.67. The second-order valence-electron chi connectivity index (χ2n) is 10.2. The number of fused-ring (bicyclic) bond motifs is 1. The molecule has 7 nitrogen and oxygen atoms in total. The Morgan fingerprint density at radius 3 is 2.75 bits per heavy atom. The molecular formula is C28H32N2O5S. The quantitative estimate of drug-likeness (QED) is 0.494. The molecule has 1 aliphatic heterocycles. The number of Topliss-reactive ketones (excluding diaryl/α,β-unsaturated/α-hetero) is 1. The minimum Gasteiger partial charge on any atom is -0.491 e.